The molecule has 1 atom stereocenters. The molecular weight excluding hydrogens is 397 g/mol. The lowest BCUT2D eigenvalue weighted by atomic mass is 10.1. The zero-order valence-electron chi connectivity index (χ0n) is 16.0. The number of hydrogen-bond donors (Lipinski definition) is 0. The van der Waals surface area contributed by atoms with Gasteiger partial charge in [-0.1, -0.05) is 12.5 Å². The fourth-order valence-corrected chi connectivity index (χ4v) is 5.03. The third-order valence-corrected chi connectivity index (χ3v) is 6.93. The normalized spacial score (nSPS) is 17.7. The molecule has 1 heterocycles. The molecule has 1 aliphatic heterocycles. The lowest BCUT2D eigenvalue weighted by Crippen LogP contribution is -2.41. The Bertz CT molecular complexity index is 1000. The van der Waals surface area contributed by atoms with E-state index >= 15 is 0 Å². The number of rotatable bonds is 6. The van der Waals surface area contributed by atoms with E-state index in [0.717, 1.165) is 31.4 Å². The summed E-state index contributed by atoms with van der Waals surface area (Å²) in [7, 11) is -3.72. The summed E-state index contributed by atoms with van der Waals surface area (Å²) in [5, 5.41) is 0. The molecule has 0 unspecified atom stereocenters. The molecule has 0 saturated carbocycles. The van der Waals surface area contributed by atoms with Gasteiger partial charge in [-0.25, -0.2) is 17.6 Å². The monoisotopic (exact) mass is 419 g/mol. The molecule has 154 valence electrons. The van der Waals surface area contributed by atoms with Crippen LogP contribution in [0.4, 0.5) is 4.39 Å². The van der Waals surface area contributed by atoms with Gasteiger partial charge in [0.15, 0.2) is 12.4 Å². The SMILES string of the molecule is C[C@@H]1CCCCN1S(=O)(=O)c1cccc(C(=O)OCC(=O)c2ccc(F)cc2)c1. The van der Waals surface area contributed by atoms with Gasteiger partial charge in [0.05, 0.1) is 10.5 Å². The van der Waals surface area contributed by atoms with Crippen LogP contribution < -0.4 is 0 Å². The fourth-order valence-electron chi connectivity index (χ4n) is 3.28. The van der Waals surface area contributed by atoms with E-state index in [4.69, 9.17) is 4.74 Å². The van der Waals surface area contributed by atoms with Gasteiger partial charge in [-0.2, -0.15) is 4.31 Å². The molecule has 0 spiro atoms. The Morgan fingerprint density at radius 3 is 2.52 bits per heavy atom. The van der Waals surface area contributed by atoms with E-state index in [2.05, 4.69) is 0 Å². The van der Waals surface area contributed by atoms with Crippen LogP contribution in [-0.4, -0.2) is 43.7 Å². The number of carbonyl (C=O) groups is 2. The highest BCUT2D eigenvalue weighted by Crippen LogP contribution is 2.25. The second kappa shape index (κ2) is 8.84. The third kappa shape index (κ3) is 4.89. The number of esters is 1. The fraction of sp³-hybridized carbons (Fsp3) is 0.333. The van der Waals surface area contributed by atoms with Crippen molar-refractivity contribution < 1.29 is 27.1 Å². The van der Waals surface area contributed by atoms with Crippen molar-refractivity contribution in [3.05, 3.63) is 65.5 Å². The molecule has 0 amide bonds. The highest BCUT2D eigenvalue weighted by Gasteiger charge is 2.31. The Morgan fingerprint density at radius 1 is 1.10 bits per heavy atom. The van der Waals surface area contributed by atoms with Crippen molar-refractivity contribution in [2.45, 2.75) is 37.1 Å². The number of hydrogen-bond acceptors (Lipinski definition) is 5. The molecule has 0 radical (unpaired) electrons. The predicted octanol–water partition coefficient (Wildman–Crippen LogP) is 3.43. The number of Topliss-reactive ketones (excluding diaryl/α,β-unsaturated/α-hetero) is 1. The Kier molecular flexibility index (Phi) is 6.44. The minimum Gasteiger partial charge on any atom is -0.454 e. The van der Waals surface area contributed by atoms with Crippen molar-refractivity contribution in [3.63, 3.8) is 0 Å². The zero-order chi connectivity index (χ0) is 21.0. The molecule has 2 aromatic rings. The van der Waals surface area contributed by atoms with Crippen LogP contribution in [0.1, 0.15) is 46.9 Å². The van der Waals surface area contributed by atoms with Crippen molar-refractivity contribution in [1.82, 2.24) is 4.31 Å². The standard InChI is InChI=1S/C21H22FNO5S/c1-15-5-2-3-12-23(15)29(26,27)19-7-4-6-17(13-19)21(25)28-14-20(24)16-8-10-18(22)11-9-16/h4,6-11,13,15H,2-3,5,12,14H2,1H3/t15-/m1/s1. The van der Waals surface area contributed by atoms with Crippen LogP contribution in [0.3, 0.4) is 0 Å². The topological polar surface area (TPSA) is 80.8 Å². The first kappa shape index (κ1) is 21.1. The molecule has 0 aliphatic carbocycles. The van der Waals surface area contributed by atoms with Gasteiger partial charge in [0.2, 0.25) is 10.0 Å². The highest BCUT2D eigenvalue weighted by atomic mass is 32.2. The molecule has 3 rings (SSSR count). The second-order valence-electron chi connectivity index (χ2n) is 6.99. The van der Waals surface area contributed by atoms with Gasteiger partial charge in [0.25, 0.3) is 0 Å². The van der Waals surface area contributed by atoms with E-state index in [-0.39, 0.29) is 22.1 Å². The molecule has 8 heteroatoms. The van der Waals surface area contributed by atoms with Crippen molar-refractivity contribution in [2.75, 3.05) is 13.2 Å². The molecular formula is C21H22FNO5S. The molecule has 1 aliphatic rings. The quantitative estimate of drug-likeness (QED) is 0.529. The summed E-state index contributed by atoms with van der Waals surface area (Å²) < 4.78 is 45.3. The van der Waals surface area contributed by atoms with Crippen molar-refractivity contribution in [3.8, 4) is 0 Å². The molecule has 0 N–H and O–H groups in total. The van der Waals surface area contributed by atoms with Crippen LogP contribution in [0, 0.1) is 5.82 Å². The number of benzene rings is 2. The van der Waals surface area contributed by atoms with Gasteiger partial charge >= 0.3 is 5.97 Å². The minimum atomic E-state index is -3.72. The largest absolute Gasteiger partial charge is 0.454 e. The number of carbonyl (C=O) groups excluding carboxylic acids is 2. The summed E-state index contributed by atoms with van der Waals surface area (Å²) in [6, 6.07) is 10.4. The first-order chi connectivity index (χ1) is 13.8. The van der Waals surface area contributed by atoms with E-state index in [9.17, 15) is 22.4 Å². The van der Waals surface area contributed by atoms with Gasteiger partial charge in [-0.15, -0.1) is 0 Å². The summed E-state index contributed by atoms with van der Waals surface area (Å²) in [6.07, 6.45) is 2.59. The van der Waals surface area contributed by atoms with E-state index in [0.29, 0.717) is 6.54 Å². The number of sulfonamides is 1. The average molecular weight is 419 g/mol. The average Bonchev–Trinajstić information content (AvgIpc) is 2.72. The molecule has 2 aromatic carbocycles. The number of ether oxygens (including phenoxy) is 1. The van der Waals surface area contributed by atoms with Gasteiger partial charge < -0.3 is 4.74 Å². The molecule has 0 aromatic heterocycles. The Hall–Kier alpha value is -2.58. The summed E-state index contributed by atoms with van der Waals surface area (Å²) >= 11 is 0. The van der Waals surface area contributed by atoms with E-state index in [1.807, 2.05) is 6.92 Å². The van der Waals surface area contributed by atoms with Crippen LogP contribution in [0.5, 0.6) is 0 Å². The molecule has 1 saturated heterocycles. The Labute approximate surface area is 169 Å². The number of halogens is 1. The van der Waals surface area contributed by atoms with Crippen molar-refractivity contribution in [2.24, 2.45) is 0 Å². The van der Waals surface area contributed by atoms with Crippen LogP contribution >= 0.6 is 0 Å². The van der Waals surface area contributed by atoms with Crippen LogP contribution in [0.25, 0.3) is 0 Å². The Morgan fingerprint density at radius 2 is 1.83 bits per heavy atom. The zero-order valence-corrected chi connectivity index (χ0v) is 16.8. The first-order valence-corrected chi connectivity index (χ1v) is 10.8. The highest BCUT2D eigenvalue weighted by molar-refractivity contribution is 7.89. The Balaban J connectivity index is 1.70. The number of ketones is 1. The maximum Gasteiger partial charge on any atom is 0.338 e. The summed E-state index contributed by atoms with van der Waals surface area (Å²) in [6.45, 7) is 1.80. The van der Waals surface area contributed by atoms with Crippen LogP contribution in [0.2, 0.25) is 0 Å². The van der Waals surface area contributed by atoms with E-state index < -0.39 is 34.2 Å². The predicted molar refractivity (Wildman–Crippen MR) is 105 cm³/mol. The molecule has 6 nitrogen and oxygen atoms in total. The summed E-state index contributed by atoms with van der Waals surface area (Å²) in [4.78, 5) is 24.4. The number of nitrogens with zero attached hydrogens (tertiary/aromatic N) is 1. The molecule has 0 bridgehead atoms. The lowest BCUT2D eigenvalue weighted by Gasteiger charge is -2.32. The van der Waals surface area contributed by atoms with E-state index in [1.165, 1.54) is 40.7 Å². The molecule has 29 heavy (non-hydrogen) atoms. The van der Waals surface area contributed by atoms with Crippen LogP contribution in [0.15, 0.2) is 53.4 Å². The van der Waals surface area contributed by atoms with E-state index in [1.54, 1.807) is 0 Å². The van der Waals surface area contributed by atoms with Crippen molar-refractivity contribution in [1.29, 1.82) is 0 Å². The van der Waals surface area contributed by atoms with Gasteiger partial charge in [-0.3, -0.25) is 4.79 Å². The summed E-state index contributed by atoms with van der Waals surface area (Å²) in [5.74, 6) is -1.76. The molecule has 1 fully saturated rings. The van der Waals surface area contributed by atoms with Crippen LogP contribution in [-0.2, 0) is 14.8 Å². The van der Waals surface area contributed by atoms with Gasteiger partial charge in [0.1, 0.15) is 5.82 Å². The third-order valence-electron chi connectivity index (χ3n) is 4.92. The first-order valence-electron chi connectivity index (χ1n) is 9.37. The number of piperidine rings is 1. The maximum absolute atomic E-state index is 12.9. The van der Waals surface area contributed by atoms with Crippen molar-refractivity contribution >= 4 is 21.8 Å². The van der Waals surface area contributed by atoms with Gasteiger partial charge in [0, 0.05) is 18.2 Å². The maximum atomic E-state index is 12.9. The second-order valence-corrected chi connectivity index (χ2v) is 8.89. The summed E-state index contributed by atoms with van der Waals surface area (Å²) in [5.41, 5.74) is 0.261. The van der Waals surface area contributed by atoms with Gasteiger partial charge in [-0.05, 0) is 62.2 Å². The minimum absolute atomic E-state index is 0.0190. The smallest absolute Gasteiger partial charge is 0.338 e. The lowest BCUT2D eigenvalue weighted by molar-refractivity contribution is 0.0474.